The lowest BCUT2D eigenvalue weighted by Gasteiger charge is -2.11. The van der Waals surface area contributed by atoms with Crippen LogP contribution in [0.15, 0.2) is 30.3 Å². The Morgan fingerprint density at radius 1 is 1.24 bits per heavy atom. The van der Waals surface area contributed by atoms with Crippen LogP contribution in [0.5, 0.6) is 11.5 Å². The number of halogens is 3. The van der Waals surface area contributed by atoms with Crippen molar-refractivity contribution in [2.24, 2.45) is 0 Å². The molecule has 0 saturated heterocycles. The third-order valence-corrected chi connectivity index (χ3v) is 4.17. The molecule has 0 aliphatic carbocycles. The molecule has 2 nitrogen and oxygen atoms in total. The minimum atomic E-state index is -0.311. The average molecular weight is 372 g/mol. The van der Waals surface area contributed by atoms with Crippen LogP contribution >= 0.6 is 27.5 Å². The predicted octanol–water partition coefficient (Wildman–Crippen LogP) is 4.89. The molecule has 1 aliphatic heterocycles. The molecule has 1 heterocycles. The molecule has 0 fully saturated rings. The Kier molecular flexibility index (Phi) is 4.36. The maximum atomic E-state index is 13.5. The van der Waals surface area contributed by atoms with Gasteiger partial charge in [0.2, 0.25) is 0 Å². The Labute approximate surface area is 136 Å². The fourth-order valence-corrected chi connectivity index (χ4v) is 2.98. The first kappa shape index (κ1) is 14.7. The predicted molar refractivity (Wildman–Crippen MR) is 84.0 cm³/mol. The molecule has 0 bridgehead atoms. The van der Waals surface area contributed by atoms with E-state index in [0.29, 0.717) is 29.3 Å². The molecule has 0 atom stereocenters. The van der Waals surface area contributed by atoms with E-state index in [-0.39, 0.29) is 5.82 Å². The van der Waals surface area contributed by atoms with E-state index in [4.69, 9.17) is 21.1 Å². The highest BCUT2D eigenvalue weighted by molar-refractivity contribution is 9.08. The molecular formula is C16H13BrClFO2. The summed E-state index contributed by atoms with van der Waals surface area (Å²) in [6.45, 7) is 0.963. The summed E-state index contributed by atoms with van der Waals surface area (Å²) in [6, 6.07) is 8.40. The Morgan fingerprint density at radius 3 is 2.90 bits per heavy atom. The van der Waals surface area contributed by atoms with Crippen LogP contribution in [0.1, 0.15) is 16.7 Å². The standard InChI is InChI=1S/C16H13BrClFO2/c17-8-10-3-14(19)7-15(4-10)21-9-12-6-13(18)5-11-1-2-20-16(11)12/h3-7H,1-2,8-9H2. The van der Waals surface area contributed by atoms with Gasteiger partial charge in [-0.2, -0.15) is 0 Å². The van der Waals surface area contributed by atoms with Crippen molar-refractivity contribution < 1.29 is 13.9 Å². The Morgan fingerprint density at radius 2 is 2.10 bits per heavy atom. The highest BCUT2D eigenvalue weighted by atomic mass is 79.9. The van der Waals surface area contributed by atoms with Gasteiger partial charge in [0, 0.05) is 28.4 Å². The highest BCUT2D eigenvalue weighted by Gasteiger charge is 2.18. The molecule has 0 N–H and O–H groups in total. The summed E-state index contributed by atoms with van der Waals surface area (Å²) >= 11 is 9.42. The van der Waals surface area contributed by atoms with Gasteiger partial charge in [-0.25, -0.2) is 4.39 Å². The summed E-state index contributed by atoms with van der Waals surface area (Å²) in [7, 11) is 0. The largest absolute Gasteiger partial charge is 0.493 e. The van der Waals surface area contributed by atoms with Crippen LogP contribution in [0, 0.1) is 5.82 Å². The number of alkyl halides is 1. The molecule has 2 aromatic carbocycles. The first-order valence-corrected chi connectivity index (χ1v) is 8.08. The fraction of sp³-hybridized carbons (Fsp3) is 0.250. The molecule has 3 rings (SSSR count). The third kappa shape index (κ3) is 3.33. The monoisotopic (exact) mass is 370 g/mol. The van der Waals surface area contributed by atoms with Gasteiger partial charge >= 0.3 is 0 Å². The van der Waals surface area contributed by atoms with Crippen LogP contribution in [0.2, 0.25) is 5.02 Å². The SMILES string of the molecule is Fc1cc(CBr)cc(OCc2cc(Cl)cc3c2OCC3)c1. The lowest BCUT2D eigenvalue weighted by molar-refractivity contribution is 0.290. The molecule has 0 spiro atoms. The van der Waals surface area contributed by atoms with E-state index in [1.807, 2.05) is 18.2 Å². The summed E-state index contributed by atoms with van der Waals surface area (Å²) in [5.74, 6) is 1.03. The third-order valence-electron chi connectivity index (χ3n) is 3.31. The Balaban J connectivity index is 1.81. The van der Waals surface area contributed by atoms with Crippen LogP contribution < -0.4 is 9.47 Å². The van der Waals surface area contributed by atoms with Crippen LogP contribution in [-0.2, 0) is 18.4 Å². The summed E-state index contributed by atoms with van der Waals surface area (Å²) in [4.78, 5) is 0. The van der Waals surface area contributed by atoms with Crippen molar-refractivity contribution in [1.82, 2.24) is 0 Å². The van der Waals surface area contributed by atoms with Gasteiger partial charge in [-0.1, -0.05) is 27.5 Å². The fourth-order valence-electron chi connectivity index (χ4n) is 2.40. The number of ether oxygens (including phenoxy) is 2. The van der Waals surface area contributed by atoms with E-state index in [0.717, 1.165) is 28.9 Å². The quantitative estimate of drug-likeness (QED) is 0.713. The van der Waals surface area contributed by atoms with E-state index in [2.05, 4.69) is 15.9 Å². The molecule has 1 aliphatic rings. The molecule has 0 radical (unpaired) electrons. The van der Waals surface area contributed by atoms with Crippen LogP contribution in [0.4, 0.5) is 4.39 Å². The zero-order valence-corrected chi connectivity index (χ0v) is 13.5. The zero-order chi connectivity index (χ0) is 14.8. The molecule has 0 saturated carbocycles. The zero-order valence-electron chi connectivity index (χ0n) is 11.2. The average Bonchev–Trinajstić information content (AvgIpc) is 2.92. The molecule has 0 aromatic heterocycles. The molecule has 21 heavy (non-hydrogen) atoms. The first-order chi connectivity index (χ1) is 10.2. The minimum absolute atomic E-state index is 0.300. The summed E-state index contributed by atoms with van der Waals surface area (Å²) in [6.07, 6.45) is 0.858. The van der Waals surface area contributed by atoms with Gasteiger partial charge in [-0.05, 0) is 35.4 Å². The van der Waals surface area contributed by atoms with Gasteiger partial charge in [-0.15, -0.1) is 0 Å². The van der Waals surface area contributed by atoms with Crippen LogP contribution in [0.25, 0.3) is 0 Å². The second-order valence-corrected chi connectivity index (χ2v) is 5.87. The van der Waals surface area contributed by atoms with E-state index < -0.39 is 0 Å². The number of benzene rings is 2. The summed E-state index contributed by atoms with van der Waals surface area (Å²) in [5, 5.41) is 1.25. The molecule has 0 unspecified atom stereocenters. The van der Waals surface area contributed by atoms with Gasteiger partial charge < -0.3 is 9.47 Å². The van der Waals surface area contributed by atoms with Crippen molar-refractivity contribution in [2.45, 2.75) is 18.4 Å². The van der Waals surface area contributed by atoms with Crippen molar-refractivity contribution in [2.75, 3.05) is 6.61 Å². The van der Waals surface area contributed by atoms with Gasteiger partial charge in [0.15, 0.2) is 0 Å². The van der Waals surface area contributed by atoms with Crippen LogP contribution in [-0.4, -0.2) is 6.61 Å². The maximum Gasteiger partial charge on any atom is 0.129 e. The second kappa shape index (κ2) is 6.24. The van der Waals surface area contributed by atoms with Gasteiger partial charge in [0.1, 0.15) is 23.9 Å². The highest BCUT2D eigenvalue weighted by Crippen LogP contribution is 2.33. The van der Waals surface area contributed by atoms with Crippen molar-refractivity contribution in [1.29, 1.82) is 0 Å². The van der Waals surface area contributed by atoms with E-state index in [9.17, 15) is 4.39 Å². The van der Waals surface area contributed by atoms with Gasteiger partial charge in [0.25, 0.3) is 0 Å². The van der Waals surface area contributed by atoms with Crippen molar-refractivity contribution >= 4 is 27.5 Å². The minimum Gasteiger partial charge on any atom is -0.493 e. The Bertz CT molecular complexity index is 676. The lowest BCUT2D eigenvalue weighted by atomic mass is 10.1. The molecule has 110 valence electrons. The second-order valence-electron chi connectivity index (χ2n) is 4.87. The van der Waals surface area contributed by atoms with E-state index in [1.165, 1.54) is 12.1 Å². The van der Waals surface area contributed by atoms with Gasteiger partial charge in [-0.3, -0.25) is 0 Å². The summed E-state index contributed by atoms with van der Waals surface area (Å²) in [5.41, 5.74) is 2.82. The normalized spacial score (nSPS) is 12.9. The number of fused-ring (bicyclic) bond motifs is 1. The molecule has 5 heteroatoms. The van der Waals surface area contributed by atoms with Crippen molar-refractivity contribution in [3.8, 4) is 11.5 Å². The molecular weight excluding hydrogens is 359 g/mol. The smallest absolute Gasteiger partial charge is 0.129 e. The van der Waals surface area contributed by atoms with Crippen LogP contribution in [0.3, 0.4) is 0 Å². The number of hydrogen-bond donors (Lipinski definition) is 0. The van der Waals surface area contributed by atoms with E-state index >= 15 is 0 Å². The number of hydrogen-bond acceptors (Lipinski definition) is 2. The van der Waals surface area contributed by atoms with Crippen molar-refractivity contribution in [3.05, 3.63) is 57.9 Å². The molecule has 0 amide bonds. The maximum absolute atomic E-state index is 13.5. The molecule has 2 aromatic rings. The lowest BCUT2D eigenvalue weighted by Crippen LogP contribution is -1.99. The summed E-state index contributed by atoms with van der Waals surface area (Å²) < 4.78 is 24.8. The first-order valence-electron chi connectivity index (χ1n) is 6.58. The number of rotatable bonds is 4. The van der Waals surface area contributed by atoms with E-state index in [1.54, 1.807) is 0 Å². The van der Waals surface area contributed by atoms with Crippen molar-refractivity contribution in [3.63, 3.8) is 0 Å². The topological polar surface area (TPSA) is 18.5 Å². The van der Waals surface area contributed by atoms with Gasteiger partial charge in [0.05, 0.1) is 6.61 Å². The Hall–Kier alpha value is -1.26.